The average Bonchev–Trinajstić information content (AvgIpc) is 1.94. The molecule has 0 spiro atoms. The van der Waals surface area contributed by atoms with E-state index in [4.69, 9.17) is 9.47 Å². The Morgan fingerprint density at radius 1 is 1.36 bits per heavy atom. The van der Waals surface area contributed by atoms with Gasteiger partial charge in [-0.3, -0.25) is 0 Å². The Hall–Kier alpha value is 0.390. The lowest BCUT2D eigenvalue weighted by molar-refractivity contribution is -0.256. The lowest BCUT2D eigenvalue weighted by Crippen LogP contribution is -2.38. The summed E-state index contributed by atoms with van der Waals surface area (Å²) in [4.78, 5) is 0. The van der Waals surface area contributed by atoms with Crippen LogP contribution in [0, 0.1) is 5.92 Å². The van der Waals surface area contributed by atoms with Crippen molar-refractivity contribution >= 4 is 22.6 Å². The van der Waals surface area contributed by atoms with Crippen LogP contribution in [-0.2, 0) is 9.47 Å². The highest BCUT2D eigenvalue weighted by molar-refractivity contribution is 14.1. The van der Waals surface area contributed by atoms with Gasteiger partial charge < -0.3 is 9.47 Å². The molecule has 1 rings (SSSR count). The molecule has 11 heavy (non-hydrogen) atoms. The average molecular weight is 268 g/mol. The van der Waals surface area contributed by atoms with Crippen molar-refractivity contribution < 1.29 is 9.47 Å². The van der Waals surface area contributed by atoms with Crippen LogP contribution in [-0.4, -0.2) is 19.0 Å². The van der Waals surface area contributed by atoms with Crippen molar-refractivity contribution in [3.8, 4) is 0 Å². The lowest BCUT2D eigenvalue weighted by atomic mass is 10.1. The van der Waals surface area contributed by atoms with Crippen LogP contribution in [0.5, 0.6) is 0 Å². The molecule has 0 aromatic carbocycles. The summed E-state index contributed by atoms with van der Waals surface area (Å²) in [5, 5.41) is 0. The zero-order valence-electron chi connectivity index (χ0n) is 6.84. The Balaban J connectivity index is 2.36. The minimum absolute atomic E-state index is 0.379. The molecular formula is C8H13IO2. The van der Waals surface area contributed by atoms with Gasteiger partial charge in [-0.05, 0) is 17.9 Å². The highest BCUT2D eigenvalue weighted by Crippen LogP contribution is 2.21. The fraction of sp³-hybridized carbons (Fsp3) is 0.750. The zero-order valence-corrected chi connectivity index (χ0v) is 9.00. The van der Waals surface area contributed by atoms with Crippen LogP contribution in [0.2, 0.25) is 0 Å². The van der Waals surface area contributed by atoms with Crippen molar-refractivity contribution in [2.75, 3.05) is 13.2 Å². The molecule has 1 aliphatic heterocycles. The molecule has 0 radical (unpaired) electrons. The molecule has 0 aromatic heterocycles. The normalized spacial score (nSPS) is 26.1. The van der Waals surface area contributed by atoms with E-state index in [-0.39, 0.29) is 5.79 Å². The third-order valence-corrected chi connectivity index (χ3v) is 2.05. The molecule has 0 atom stereocenters. The highest BCUT2D eigenvalue weighted by Gasteiger charge is 2.26. The predicted octanol–water partition coefficient (Wildman–Crippen LogP) is 2.33. The zero-order chi connectivity index (χ0) is 8.32. The van der Waals surface area contributed by atoms with Crippen molar-refractivity contribution in [2.45, 2.75) is 19.6 Å². The van der Waals surface area contributed by atoms with Gasteiger partial charge >= 0.3 is 0 Å². The summed E-state index contributed by atoms with van der Waals surface area (Å²) < 4.78 is 12.9. The molecule has 0 saturated carbocycles. The highest BCUT2D eigenvalue weighted by atomic mass is 127. The van der Waals surface area contributed by atoms with Crippen molar-refractivity contribution in [2.24, 2.45) is 5.92 Å². The number of hydrogen-bond donors (Lipinski definition) is 0. The van der Waals surface area contributed by atoms with Crippen LogP contribution >= 0.6 is 22.6 Å². The van der Waals surface area contributed by atoms with E-state index in [9.17, 15) is 0 Å². The van der Waals surface area contributed by atoms with Crippen LogP contribution in [0.4, 0.5) is 0 Å². The molecule has 0 amide bonds. The Morgan fingerprint density at radius 2 is 1.91 bits per heavy atom. The summed E-state index contributed by atoms with van der Waals surface area (Å²) in [5.74, 6) is 0.0511. The van der Waals surface area contributed by atoms with Crippen LogP contribution in [0.15, 0.2) is 10.2 Å². The number of ether oxygens (including phenoxy) is 2. The molecule has 0 unspecified atom stereocenters. The number of hydrogen-bond acceptors (Lipinski definition) is 2. The summed E-state index contributed by atoms with van der Waals surface area (Å²) in [7, 11) is 0. The van der Waals surface area contributed by atoms with E-state index >= 15 is 0 Å². The van der Waals surface area contributed by atoms with Gasteiger partial charge in [0.05, 0.1) is 13.2 Å². The second kappa shape index (κ2) is 3.87. The fourth-order valence-corrected chi connectivity index (χ4v) is 1.51. The molecule has 3 heteroatoms. The molecule has 64 valence electrons. The van der Waals surface area contributed by atoms with E-state index in [1.807, 2.05) is 17.9 Å². The third-order valence-electron chi connectivity index (χ3n) is 1.63. The Labute approximate surface area is 81.1 Å². The minimum Gasteiger partial charge on any atom is -0.350 e. The topological polar surface area (TPSA) is 18.5 Å². The molecule has 1 heterocycles. The lowest BCUT2D eigenvalue weighted by Gasteiger charge is -2.33. The van der Waals surface area contributed by atoms with E-state index in [1.54, 1.807) is 0 Å². The molecule has 0 N–H and O–H groups in total. The van der Waals surface area contributed by atoms with Crippen molar-refractivity contribution in [1.82, 2.24) is 0 Å². The molecule has 0 aliphatic carbocycles. The van der Waals surface area contributed by atoms with Crippen molar-refractivity contribution in [1.29, 1.82) is 0 Å². The quantitative estimate of drug-likeness (QED) is 0.679. The predicted molar refractivity (Wildman–Crippen MR) is 52.6 cm³/mol. The van der Waals surface area contributed by atoms with Gasteiger partial charge in [-0.2, -0.15) is 0 Å². The number of rotatable bonds is 1. The summed E-state index contributed by atoms with van der Waals surface area (Å²) in [5.41, 5.74) is 0. The molecule has 0 bridgehead atoms. The smallest absolute Gasteiger partial charge is 0.162 e. The first-order valence-corrected chi connectivity index (χ1v) is 4.93. The SMILES string of the molecule is CC1(C)OCC(/C=C/I)CO1. The molecular weight excluding hydrogens is 255 g/mol. The van der Waals surface area contributed by atoms with Gasteiger partial charge in [0.15, 0.2) is 5.79 Å². The summed E-state index contributed by atoms with van der Waals surface area (Å²) in [6.45, 7) is 5.42. The number of halogens is 1. The monoisotopic (exact) mass is 268 g/mol. The van der Waals surface area contributed by atoms with Gasteiger partial charge in [-0.25, -0.2) is 0 Å². The van der Waals surface area contributed by atoms with E-state index in [2.05, 4.69) is 28.7 Å². The van der Waals surface area contributed by atoms with Gasteiger partial charge in [0, 0.05) is 5.92 Å². The van der Waals surface area contributed by atoms with E-state index in [1.165, 1.54) is 0 Å². The molecule has 2 nitrogen and oxygen atoms in total. The van der Waals surface area contributed by atoms with E-state index in [0.29, 0.717) is 5.92 Å². The maximum absolute atomic E-state index is 5.45. The van der Waals surface area contributed by atoms with Crippen LogP contribution in [0.1, 0.15) is 13.8 Å². The summed E-state index contributed by atoms with van der Waals surface area (Å²) in [6, 6.07) is 0. The first-order chi connectivity index (χ1) is 5.14. The van der Waals surface area contributed by atoms with Crippen molar-refractivity contribution in [3.63, 3.8) is 0 Å². The van der Waals surface area contributed by atoms with Gasteiger partial charge in [0.1, 0.15) is 0 Å². The van der Waals surface area contributed by atoms with Gasteiger partial charge in [0.25, 0.3) is 0 Å². The Bertz CT molecular complexity index is 144. The molecule has 1 fully saturated rings. The summed E-state index contributed by atoms with van der Waals surface area (Å²) >= 11 is 2.21. The van der Waals surface area contributed by atoms with Crippen molar-refractivity contribution in [3.05, 3.63) is 10.2 Å². The Kier molecular flexibility index (Phi) is 3.33. The van der Waals surface area contributed by atoms with Gasteiger partial charge in [-0.1, -0.05) is 28.7 Å². The standard InChI is InChI=1S/C8H13IO2/c1-8(2)10-5-7(3-4-9)6-11-8/h3-4,7H,5-6H2,1-2H3/b4-3+. The molecule has 0 aromatic rings. The molecule has 1 saturated heterocycles. The largest absolute Gasteiger partial charge is 0.350 e. The van der Waals surface area contributed by atoms with E-state index in [0.717, 1.165) is 13.2 Å². The first kappa shape index (κ1) is 9.48. The minimum atomic E-state index is -0.379. The third kappa shape index (κ3) is 3.09. The summed E-state index contributed by atoms with van der Waals surface area (Å²) in [6.07, 6.45) is 2.11. The second-order valence-corrected chi connectivity index (χ2v) is 3.82. The van der Waals surface area contributed by atoms with Crippen LogP contribution < -0.4 is 0 Å². The van der Waals surface area contributed by atoms with Crippen LogP contribution in [0.25, 0.3) is 0 Å². The first-order valence-electron chi connectivity index (χ1n) is 3.69. The maximum Gasteiger partial charge on any atom is 0.162 e. The van der Waals surface area contributed by atoms with Gasteiger partial charge in [0.2, 0.25) is 0 Å². The maximum atomic E-state index is 5.45. The fourth-order valence-electron chi connectivity index (χ4n) is 0.919. The second-order valence-electron chi connectivity index (χ2n) is 3.10. The van der Waals surface area contributed by atoms with Crippen LogP contribution in [0.3, 0.4) is 0 Å². The van der Waals surface area contributed by atoms with E-state index < -0.39 is 0 Å². The Morgan fingerprint density at radius 3 is 2.36 bits per heavy atom. The van der Waals surface area contributed by atoms with Gasteiger partial charge in [-0.15, -0.1) is 0 Å². The molecule has 1 aliphatic rings.